The van der Waals surface area contributed by atoms with Crippen LogP contribution in [0.2, 0.25) is 0 Å². The Morgan fingerprint density at radius 2 is 0.972 bits per heavy atom. The van der Waals surface area contributed by atoms with Gasteiger partial charge in [0.15, 0.2) is 0 Å². The Labute approximate surface area is 205 Å². The summed E-state index contributed by atoms with van der Waals surface area (Å²) >= 11 is 0. The summed E-state index contributed by atoms with van der Waals surface area (Å²) in [4.78, 5) is 0. The van der Waals surface area contributed by atoms with Gasteiger partial charge in [-0.1, -0.05) is 48.5 Å². The van der Waals surface area contributed by atoms with Crippen LogP contribution in [0.3, 0.4) is 0 Å². The van der Waals surface area contributed by atoms with Gasteiger partial charge in [0, 0.05) is 34.3 Å². The maximum atomic E-state index is 12.8. The predicted octanol–water partition coefficient (Wildman–Crippen LogP) is 9.88. The fourth-order valence-corrected chi connectivity index (χ4v) is 3.97. The number of hydrogen-bond donors (Lipinski definition) is 1. The van der Waals surface area contributed by atoms with E-state index in [0.29, 0.717) is 17.1 Å². The Kier molecular flexibility index (Phi) is 6.16. The van der Waals surface area contributed by atoms with E-state index in [4.69, 9.17) is 0 Å². The van der Waals surface area contributed by atoms with Gasteiger partial charge in [0.05, 0.1) is 28.3 Å². The van der Waals surface area contributed by atoms with Crippen LogP contribution in [0.15, 0.2) is 118 Å². The first-order chi connectivity index (χ1) is 17.4. The molecule has 5 aromatic carbocycles. The largest absolute Gasteiger partial charge is 0.416 e. The molecule has 1 N–H and O–H groups in total. The quantitative estimate of drug-likeness (QED) is 0.248. The Morgan fingerprint density at radius 3 is 1.47 bits per heavy atom. The third-order valence-electron chi connectivity index (χ3n) is 5.78. The lowest BCUT2D eigenvalue weighted by molar-refractivity contribution is -0.137. The molecule has 0 bridgehead atoms. The number of rotatable bonds is 5. The van der Waals surface area contributed by atoms with Gasteiger partial charge in [-0.2, -0.15) is 18.3 Å². The summed E-state index contributed by atoms with van der Waals surface area (Å²) in [6, 6.07) is 27.6. The van der Waals surface area contributed by atoms with E-state index in [9.17, 15) is 13.2 Å². The zero-order valence-corrected chi connectivity index (χ0v) is 19.2. The second-order valence-corrected chi connectivity index (χ2v) is 8.02. The molecule has 0 aliphatic carbocycles. The fourth-order valence-electron chi connectivity index (χ4n) is 3.97. The van der Waals surface area contributed by atoms with Crippen molar-refractivity contribution >= 4 is 50.0 Å². The smallest absolute Gasteiger partial charge is 0.388 e. The van der Waals surface area contributed by atoms with Crippen molar-refractivity contribution in [3.05, 3.63) is 103 Å². The van der Waals surface area contributed by atoms with Crippen LogP contribution in [-0.2, 0) is 6.18 Å². The SMILES string of the molecule is CNc1ccc(N=Nc2ccc(N=Nc3ccc(C(F)(F)F)cc3)c3ccccc23)c2ccccc12. The first-order valence-corrected chi connectivity index (χ1v) is 11.2. The monoisotopic (exact) mass is 483 g/mol. The number of fused-ring (bicyclic) bond motifs is 2. The van der Waals surface area contributed by atoms with Crippen LogP contribution in [0.4, 0.5) is 41.6 Å². The van der Waals surface area contributed by atoms with Crippen LogP contribution in [0.25, 0.3) is 21.5 Å². The highest BCUT2D eigenvalue weighted by Crippen LogP contribution is 2.37. The zero-order valence-electron chi connectivity index (χ0n) is 19.2. The van der Waals surface area contributed by atoms with Gasteiger partial charge in [0.25, 0.3) is 0 Å². The van der Waals surface area contributed by atoms with Crippen LogP contribution in [0.1, 0.15) is 5.56 Å². The van der Waals surface area contributed by atoms with Crippen LogP contribution in [-0.4, -0.2) is 7.05 Å². The minimum Gasteiger partial charge on any atom is -0.388 e. The number of halogens is 3. The molecule has 0 aliphatic rings. The van der Waals surface area contributed by atoms with Gasteiger partial charge in [0.1, 0.15) is 0 Å². The maximum absolute atomic E-state index is 12.8. The summed E-state index contributed by atoms with van der Waals surface area (Å²) in [5.41, 5.74) is 2.61. The van der Waals surface area contributed by atoms with Crippen molar-refractivity contribution in [1.82, 2.24) is 0 Å². The number of azo groups is 2. The first-order valence-electron chi connectivity index (χ1n) is 11.2. The molecule has 0 saturated carbocycles. The van der Waals surface area contributed by atoms with Crippen molar-refractivity contribution < 1.29 is 13.2 Å². The van der Waals surface area contributed by atoms with Crippen molar-refractivity contribution in [3.8, 4) is 0 Å². The lowest BCUT2D eigenvalue weighted by Gasteiger charge is -2.08. The molecule has 178 valence electrons. The number of nitrogens with one attached hydrogen (secondary N) is 1. The minimum absolute atomic E-state index is 0.327. The molecule has 0 spiro atoms. The van der Waals surface area contributed by atoms with Gasteiger partial charge < -0.3 is 5.32 Å². The Hall–Kier alpha value is -4.59. The number of hydrogen-bond acceptors (Lipinski definition) is 5. The Morgan fingerprint density at radius 1 is 0.528 bits per heavy atom. The van der Waals surface area contributed by atoms with E-state index in [0.717, 1.165) is 45.1 Å². The standard InChI is InChI=1S/C28H20F3N5/c1-32-24-14-15-26(21-7-3-2-6-20(21)24)35-36-27-17-16-25(22-8-4-5-9-23(22)27)34-33-19-12-10-18(11-13-19)28(29,30)31/h2-17,32H,1H3. The van der Waals surface area contributed by atoms with E-state index in [-0.39, 0.29) is 0 Å². The van der Waals surface area contributed by atoms with E-state index in [1.165, 1.54) is 12.1 Å². The molecule has 8 heteroatoms. The highest BCUT2D eigenvalue weighted by atomic mass is 19.4. The van der Waals surface area contributed by atoms with E-state index in [2.05, 4.69) is 25.8 Å². The molecule has 0 heterocycles. The molecule has 0 amide bonds. The predicted molar refractivity (Wildman–Crippen MR) is 137 cm³/mol. The third-order valence-corrected chi connectivity index (χ3v) is 5.78. The molecule has 5 rings (SSSR count). The molecule has 0 aliphatic heterocycles. The van der Waals surface area contributed by atoms with Gasteiger partial charge in [-0.25, -0.2) is 0 Å². The summed E-state index contributed by atoms with van der Waals surface area (Å²) in [7, 11) is 1.88. The summed E-state index contributed by atoms with van der Waals surface area (Å²) in [5, 5.41) is 24.3. The van der Waals surface area contributed by atoms with E-state index < -0.39 is 11.7 Å². The van der Waals surface area contributed by atoms with Crippen LogP contribution >= 0.6 is 0 Å². The lowest BCUT2D eigenvalue weighted by Crippen LogP contribution is -2.03. The Bertz CT molecular complexity index is 1610. The van der Waals surface area contributed by atoms with Gasteiger partial charge in [-0.15, -0.1) is 15.3 Å². The van der Waals surface area contributed by atoms with Crippen LogP contribution in [0, 0.1) is 0 Å². The number of benzene rings is 5. The normalized spacial score (nSPS) is 12.2. The Balaban J connectivity index is 1.48. The molecule has 0 unspecified atom stereocenters. The fraction of sp³-hybridized carbons (Fsp3) is 0.0714. The van der Waals surface area contributed by atoms with Gasteiger partial charge in [-0.3, -0.25) is 0 Å². The zero-order chi connectivity index (χ0) is 25.1. The van der Waals surface area contributed by atoms with Crippen LogP contribution < -0.4 is 5.32 Å². The maximum Gasteiger partial charge on any atom is 0.416 e. The molecule has 36 heavy (non-hydrogen) atoms. The van der Waals surface area contributed by atoms with Crippen molar-refractivity contribution in [2.45, 2.75) is 6.18 Å². The van der Waals surface area contributed by atoms with Crippen molar-refractivity contribution in [1.29, 1.82) is 0 Å². The third kappa shape index (κ3) is 4.65. The van der Waals surface area contributed by atoms with Crippen molar-refractivity contribution in [2.75, 3.05) is 12.4 Å². The second kappa shape index (κ2) is 9.58. The highest BCUT2D eigenvalue weighted by Gasteiger charge is 2.29. The lowest BCUT2D eigenvalue weighted by atomic mass is 10.1. The van der Waals surface area contributed by atoms with Crippen LogP contribution in [0.5, 0.6) is 0 Å². The number of alkyl halides is 3. The highest BCUT2D eigenvalue weighted by molar-refractivity contribution is 6.01. The summed E-state index contributed by atoms with van der Waals surface area (Å²) < 4.78 is 38.4. The topological polar surface area (TPSA) is 61.5 Å². The molecule has 0 radical (unpaired) electrons. The molecule has 0 saturated heterocycles. The average Bonchev–Trinajstić information content (AvgIpc) is 2.90. The molecular formula is C28H20F3N5. The van der Waals surface area contributed by atoms with Crippen molar-refractivity contribution in [3.63, 3.8) is 0 Å². The van der Waals surface area contributed by atoms with Gasteiger partial charge >= 0.3 is 6.18 Å². The summed E-state index contributed by atoms with van der Waals surface area (Å²) in [6.07, 6.45) is -4.39. The van der Waals surface area contributed by atoms with E-state index in [1.807, 2.05) is 67.7 Å². The summed E-state index contributed by atoms with van der Waals surface area (Å²) in [5.74, 6) is 0. The summed E-state index contributed by atoms with van der Waals surface area (Å²) in [6.45, 7) is 0. The molecular weight excluding hydrogens is 463 g/mol. The molecule has 5 aromatic rings. The van der Waals surface area contributed by atoms with Gasteiger partial charge in [-0.05, 0) is 48.5 Å². The van der Waals surface area contributed by atoms with Crippen molar-refractivity contribution in [2.24, 2.45) is 20.5 Å². The second-order valence-electron chi connectivity index (χ2n) is 8.02. The van der Waals surface area contributed by atoms with Gasteiger partial charge in [0.2, 0.25) is 0 Å². The molecule has 0 aromatic heterocycles. The van der Waals surface area contributed by atoms with E-state index in [1.54, 1.807) is 12.1 Å². The number of anilines is 1. The minimum atomic E-state index is -4.39. The average molecular weight is 483 g/mol. The van der Waals surface area contributed by atoms with E-state index >= 15 is 0 Å². The molecule has 0 fully saturated rings. The molecule has 5 nitrogen and oxygen atoms in total. The molecule has 0 atom stereocenters. The first kappa shape index (κ1) is 23.2. The number of nitrogens with zero attached hydrogens (tertiary/aromatic N) is 4.